The Labute approximate surface area is 260 Å². The quantitative estimate of drug-likeness (QED) is 0.0881. The Morgan fingerprint density at radius 3 is 1.70 bits per heavy atom. The minimum atomic E-state index is -3.25. The molecule has 0 N–H and O–H groups in total. The molecule has 1 aliphatic carbocycles. The van der Waals surface area contributed by atoms with Gasteiger partial charge in [0.25, 0.3) is 0 Å². The number of rotatable bonds is 16. The van der Waals surface area contributed by atoms with Crippen molar-refractivity contribution < 1.29 is 38.0 Å². The van der Waals surface area contributed by atoms with E-state index in [1.54, 1.807) is 12.1 Å². The van der Waals surface area contributed by atoms with Gasteiger partial charge in [0.15, 0.2) is 45.5 Å². The predicted molar refractivity (Wildman–Crippen MR) is 164 cm³/mol. The smallest absolute Gasteiger partial charge is 0.221 e. The van der Waals surface area contributed by atoms with Crippen molar-refractivity contribution in [1.29, 1.82) is 0 Å². The second-order valence-electron chi connectivity index (χ2n) is 11.2. The van der Waals surface area contributed by atoms with Crippen LogP contribution in [0.25, 0.3) is 0 Å². The van der Waals surface area contributed by atoms with Gasteiger partial charge in [-0.05, 0) is 30.3 Å². The fourth-order valence-corrected chi connectivity index (χ4v) is 6.53. The highest BCUT2D eigenvalue weighted by Crippen LogP contribution is 2.59. The van der Waals surface area contributed by atoms with Gasteiger partial charge in [-0.2, -0.15) is 0 Å². The second kappa shape index (κ2) is 12.6. The van der Waals surface area contributed by atoms with Crippen molar-refractivity contribution in [3.8, 4) is 0 Å². The molecule has 1 fully saturated rings. The van der Waals surface area contributed by atoms with Crippen molar-refractivity contribution in [2.24, 2.45) is 28.1 Å². The molecule has 2 unspecified atom stereocenters. The lowest BCUT2D eigenvalue weighted by atomic mass is 9.42. The molecule has 1 heterocycles. The highest BCUT2D eigenvalue weighted by molar-refractivity contribution is 7.79. The molecule has 0 saturated heterocycles. The molecular formula is C35H32O8S. The van der Waals surface area contributed by atoms with Gasteiger partial charge < -0.3 is 9.21 Å². The summed E-state index contributed by atoms with van der Waals surface area (Å²) in [7, 11) is 0. The second-order valence-corrected chi connectivity index (χ2v) is 11.5. The van der Waals surface area contributed by atoms with Gasteiger partial charge in [0.1, 0.15) is 11.7 Å². The molecule has 8 nitrogen and oxygen atoms in total. The van der Waals surface area contributed by atoms with E-state index in [0.29, 0.717) is 18.2 Å². The molecule has 2 atom stereocenters. The molecule has 1 aromatic heterocycles. The number of ketones is 6. The molecule has 2 aromatic carbocycles. The Hall–Kier alpha value is -4.50. The first-order valence-electron chi connectivity index (χ1n) is 14.3. The third kappa shape index (κ3) is 4.66. The first kappa shape index (κ1) is 32.4. The predicted octanol–water partition coefficient (Wildman–Crippen LogP) is 5.57. The summed E-state index contributed by atoms with van der Waals surface area (Å²) >= 11 is 5.47. The minimum absolute atomic E-state index is 0.0244. The van der Waals surface area contributed by atoms with Gasteiger partial charge >= 0.3 is 0 Å². The van der Waals surface area contributed by atoms with E-state index in [9.17, 15) is 24.0 Å². The molecule has 1 aliphatic rings. The Morgan fingerprint density at radius 1 is 0.818 bits per heavy atom. The van der Waals surface area contributed by atoms with Crippen molar-refractivity contribution in [2.75, 3.05) is 0 Å². The number of Topliss-reactive ketones (excluding diaryl/α,β-unsaturated/α-hetero) is 6. The van der Waals surface area contributed by atoms with Crippen LogP contribution in [0.1, 0.15) is 71.3 Å². The average Bonchev–Trinajstić information content (AvgIpc) is 3.77. The van der Waals surface area contributed by atoms with Gasteiger partial charge in [0, 0.05) is 29.4 Å². The largest absolute Gasteiger partial charge is 0.461 e. The maximum Gasteiger partial charge on any atom is 0.221 e. The van der Waals surface area contributed by atoms with E-state index >= 15 is 9.59 Å². The van der Waals surface area contributed by atoms with Gasteiger partial charge in [0.05, 0.1) is 6.26 Å². The summed E-state index contributed by atoms with van der Waals surface area (Å²) in [5.74, 6) is -9.07. The fraction of sp³-hybridized carbons (Fsp3) is 0.314. The number of hydrogen-bond acceptors (Lipinski definition) is 9. The maximum absolute atomic E-state index is 15.1. The zero-order valence-electron chi connectivity index (χ0n) is 24.6. The number of carbonyl (C=O) groups is 7. The summed E-state index contributed by atoms with van der Waals surface area (Å²) in [4.78, 5) is 103. The third-order valence-electron chi connectivity index (χ3n) is 8.40. The van der Waals surface area contributed by atoms with Crippen LogP contribution in [0.2, 0.25) is 0 Å². The highest BCUT2D eigenvalue weighted by Gasteiger charge is 2.79. The summed E-state index contributed by atoms with van der Waals surface area (Å²) in [6.45, 7) is 4.28. The molecule has 0 aliphatic heterocycles. The van der Waals surface area contributed by atoms with Crippen LogP contribution in [-0.4, -0.2) is 46.4 Å². The average molecular weight is 613 g/mol. The molecule has 0 amide bonds. The summed E-state index contributed by atoms with van der Waals surface area (Å²) in [6.07, 6.45) is 1.36. The van der Waals surface area contributed by atoms with Crippen molar-refractivity contribution in [2.45, 2.75) is 40.0 Å². The van der Waals surface area contributed by atoms with E-state index < -0.39 is 75.0 Å². The molecule has 3 aromatic rings. The fourth-order valence-electron chi connectivity index (χ4n) is 6.12. The van der Waals surface area contributed by atoms with Gasteiger partial charge in [-0.1, -0.05) is 93.7 Å². The Kier molecular flexibility index (Phi) is 9.30. The zero-order valence-corrected chi connectivity index (χ0v) is 25.4. The molecule has 4 rings (SSSR count). The van der Waals surface area contributed by atoms with Crippen molar-refractivity contribution >= 4 is 58.6 Å². The van der Waals surface area contributed by atoms with Crippen LogP contribution in [-0.2, 0) is 19.2 Å². The molecular weight excluding hydrogens is 580 g/mol. The van der Waals surface area contributed by atoms with Crippen LogP contribution in [0.15, 0.2) is 83.5 Å². The topological polar surface area (TPSA) is 133 Å². The first-order valence-corrected chi connectivity index (χ1v) is 14.8. The minimum Gasteiger partial charge on any atom is -0.461 e. The van der Waals surface area contributed by atoms with E-state index in [1.807, 2.05) is 0 Å². The third-order valence-corrected chi connectivity index (χ3v) is 8.77. The van der Waals surface area contributed by atoms with Crippen molar-refractivity contribution in [3.63, 3.8) is 0 Å². The Bertz CT molecular complexity index is 1540. The standard InChI is InChI=1S/C35H32O8S/c1-4-27(37)34(28(38)22(2)3,29(39)25-17-18-25)33(20-36,21-44)35(32(42)26-16-11-19-43-26,30(40)23-12-7-5-8-13-23)31(41)24-14-9-6-10-15-24/h5-16,19-22,25H,4,17-18H2,1-3H3. The van der Waals surface area contributed by atoms with Gasteiger partial charge in [-0.15, -0.1) is 0 Å². The number of benzene rings is 2. The van der Waals surface area contributed by atoms with Crippen LogP contribution < -0.4 is 0 Å². The number of carbonyl (C=O) groups excluding carboxylic acids is 7. The van der Waals surface area contributed by atoms with Crippen LogP contribution in [0.4, 0.5) is 0 Å². The summed E-state index contributed by atoms with van der Waals surface area (Å²) in [5, 5.41) is 0.649. The van der Waals surface area contributed by atoms with E-state index in [4.69, 9.17) is 16.6 Å². The molecule has 9 heteroatoms. The van der Waals surface area contributed by atoms with Gasteiger partial charge in [-0.25, -0.2) is 0 Å². The van der Waals surface area contributed by atoms with Crippen molar-refractivity contribution in [3.05, 3.63) is 95.9 Å². The molecule has 44 heavy (non-hydrogen) atoms. The zero-order chi connectivity index (χ0) is 32.3. The van der Waals surface area contributed by atoms with E-state index in [1.165, 1.54) is 81.4 Å². The lowest BCUT2D eigenvalue weighted by Crippen LogP contribution is -2.72. The van der Waals surface area contributed by atoms with E-state index in [0.717, 1.165) is 6.26 Å². The van der Waals surface area contributed by atoms with E-state index in [-0.39, 0.29) is 17.4 Å². The van der Waals surface area contributed by atoms with Crippen LogP contribution in [0.5, 0.6) is 0 Å². The number of aldehydes is 1. The van der Waals surface area contributed by atoms with E-state index in [2.05, 4.69) is 0 Å². The summed E-state index contributed by atoms with van der Waals surface area (Å²) in [6, 6.07) is 17.0. The molecule has 1 saturated carbocycles. The van der Waals surface area contributed by atoms with Gasteiger partial charge in [-0.3, -0.25) is 28.8 Å². The lowest BCUT2D eigenvalue weighted by molar-refractivity contribution is -0.162. The highest BCUT2D eigenvalue weighted by atomic mass is 32.1. The normalized spacial score (nSPS) is 15.8. The van der Waals surface area contributed by atoms with Crippen LogP contribution in [0, 0.1) is 28.1 Å². The molecule has 0 radical (unpaired) electrons. The molecule has 0 spiro atoms. The monoisotopic (exact) mass is 612 g/mol. The molecule has 0 bridgehead atoms. The number of hydrogen-bond donors (Lipinski definition) is 0. The maximum atomic E-state index is 15.1. The lowest BCUT2D eigenvalue weighted by Gasteiger charge is -2.51. The van der Waals surface area contributed by atoms with Crippen molar-refractivity contribution in [1.82, 2.24) is 0 Å². The van der Waals surface area contributed by atoms with Crippen LogP contribution >= 0.6 is 12.2 Å². The SMILES string of the molecule is CCC(=O)C(C(=O)C(C)C)(C(=O)C1CC1)C(C=O)(C=S)C(C(=O)c1ccccc1)(C(=O)c1ccccc1)C(=O)c1ccco1. The molecule has 226 valence electrons. The number of furan rings is 1. The number of thiocarbonyl (C=S) groups is 1. The Balaban J connectivity index is 2.34. The Morgan fingerprint density at radius 2 is 1.34 bits per heavy atom. The van der Waals surface area contributed by atoms with Crippen LogP contribution in [0.3, 0.4) is 0 Å². The first-order chi connectivity index (χ1) is 21.0. The summed E-state index contributed by atoms with van der Waals surface area (Å²) < 4.78 is 5.41. The van der Waals surface area contributed by atoms with Gasteiger partial charge in [0.2, 0.25) is 5.78 Å². The summed E-state index contributed by atoms with van der Waals surface area (Å²) in [5.41, 5.74) is -9.68.